The number of carbonyl (C=O) groups is 2. The van der Waals surface area contributed by atoms with E-state index in [-0.39, 0.29) is 23.2 Å². The van der Waals surface area contributed by atoms with Crippen LogP contribution in [0.5, 0.6) is 0 Å². The number of hydrogen-bond acceptors (Lipinski definition) is 3. The van der Waals surface area contributed by atoms with E-state index in [2.05, 4.69) is 10.4 Å². The lowest BCUT2D eigenvalue weighted by atomic mass is 10.2. The number of carboxylic acids is 1. The van der Waals surface area contributed by atoms with Crippen LogP contribution in [0.25, 0.3) is 5.69 Å². The van der Waals surface area contributed by atoms with Crippen LogP contribution in [-0.2, 0) is 11.0 Å². The van der Waals surface area contributed by atoms with E-state index < -0.39 is 23.4 Å². The number of alkyl halides is 3. The summed E-state index contributed by atoms with van der Waals surface area (Å²) in [5.74, 6) is -2.32. The number of nitrogens with zero attached hydrogens (tertiary/aromatic N) is 2. The Balaban J connectivity index is 2.50. The molecule has 128 valence electrons. The fourth-order valence-corrected chi connectivity index (χ4v) is 1.98. The third-order valence-electron chi connectivity index (χ3n) is 3.15. The van der Waals surface area contributed by atoms with Crippen molar-refractivity contribution in [3.63, 3.8) is 0 Å². The zero-order valence-electron chi connectivity index (χ0n) is 12.8. The van der Waals surface area contributed by atoms with Crippen molar-refractivity contribution in [2.45, 2.75) is 20.0 Å². The number of carbonyl (C=O) groups excluding carboxylic acids is 1. The van der Waals surface area contributed by atoms with E-state index in [9.17, 15) is 22.8 Å². The van der Waals surface area contributed by atoms with Gasteiger partial charge in [-0.15, -0.1) is 0 Å². The van der Waals surface area contributed by atoms with Crippen LogP contribution in [-0.4, -0.2) is 26.8 Å². The number of benzene rings is 1. The van der Waals surface area contributed by atoms with E-state index in [1.54, 1.807) is 13.8 Å². The lowest BCUT2D eigenvalue weighted by Gasteiger charge is -2.13. The van der Waals surface area contributed by atoms with Crippen LogP contribution in [0.2, 0.25) is 0 Å². The van der Waals surface area contributed by atoms with Crippen molar-refractivity contribution < 1.29 is 27.9 Å². The van der Waals surface area contributed by atoms with Crippen molar-refractivity contribution in [2.75, 3.05) is 5.32 Å². The zero-order chi connectivity index (χ0) is 18.1. The van der Waals surface area contributed by atoms with Gasteiger partial charge in [0.1, 0.15) is 5.56 Å². The molecule has 2 aromatic rings. The molecule has 0 atom stereocenters. The first-order valence-corrected chi connectivity index (χ1v) is 6.91. The fraction of sp³-hybridized carbons (Fsp3) is 0.267. The number of hydrogen-bond donors (Lipinski definition) is 2. The number of nitrogens with one attached hydrogen (secondary N) is 1. The van der Waals surface area contributed by atoms with Gasteiger partial charge in [0, 0.05) is 11.6 Å². The van der Waals surface area contributed by atoms with Crippen molar-refractivity contribution in [2.24, 2.45) is 5.92 Å². The van der Waals surface area contributed by atoms with Crippen LogP contribution in [0, 0.1) is 5.92 Å². The Morgan fingerprint density at radius 3 is 2.50 bits per heavy atom. The minimum atomic E-state index is -4.90. The summed E-state index contributed by atoms with van der Waals surface area (Å²) in [6.45, 7) is 3.35. The van der Waals surface area contributed by atoms with Crippen molar-refractivity contribution in [3.8, 4) is 5.69 Å². The lowest BCUT2D eigenvalue weighted by Crippen LogP contribution is -2.19. The molecule has 1 heterocycles. The Morgan fingerprint density at radius 1 is 1.29 bits per heavy atom. The molecule has 0 spiro atoms. The second-order valence-corrected chi connectivity index (χ2v) is 5.32. The van der Waals surface area contributed by atoms with E-state index in [4.69, 9.17) is 5.11 Å². The largest absolute Gasteiger partial charge is 0.478 e. The molecule has 0 bridgehead atoms. The number of aromatic carboxylic acids is 1. The maximum absolute atomic E-state index is 13.2. The van der Waals surface area contributed by atoms with Crippen LogP contribution in [0.4, 0.5) is 18.9 Å². The molecule has 2 N–H and O–H groups in total. The van der Waals surface area contributed by atoms with Crippen LogP contribution in [0.1, 0.15) is 29.9 Å². The van der Waals surface area contributed by atoms with E-state index in [0.717, 1.165) is 0 Å². The highest BCUT2D eigenvalue weighted by Gasteiger charge is 2.40. The van der Waals surface area contributed by atoms with Gasteiger partial charge in [0.05, 0.1) is 11.9 Å². The number of carboxylic acid groups (broad SMARTS) is 1. The summed E-state index contributed by atoms with van der Waals surface area (Å²) in [5.41, 5.74) is -2.07. The Kier molecular flexibility index (Phi) is 4.63. The Hall–Kier alpha value is -2.84. The summed E-state index contributed by atoms with van der Waals surface area (Å²) in [7, 11) is 0. The minimum Gasteiger partial charge on any atom is -0.478 e. The van der Waals surface area contributed by atoms with Crippen molar-refractivity contribution >= 4 is 17.6 Å². The predicted molar refractivity (Wildman–Crippen MR) is 79.0 cm³/mol. The molecule has 1 amide bonds. The number of rotatable bonds is 4. The molecule has 1 aromatic heterocycles. The molecule has 0 saturated carbocycles. The summed E-state index contributed by atoms with van der Waals surface area (Å²) in [5, 5.41) is 15.0. The molecular formula is C15H14F3N3O3. The average Bonchev–Trinajstić information content (AvgIpc) is 2.92. The molecule has 9 heteroatoms. The van der Waals surface area contributed by atoms with Gasteiger partial charge in [0.15, 0.2) is 5.69 Å². The van der Waals surface area contributed by atoms with Gasteiger partial charge in [0.2, 0.25) is 5.91 Å². The molecule has 0 aliphatic heterocycles. The molecule has 1 aromatic carbocycles. The number of amides is 1. The molecular weight excluding hydrogens is 327 g/mol. The SMILES string of the molecule is CC(C)C(=O)Nc1cccc(-n2ncc(C(=O)O)c2C(F)(F)F)c1. The number of halogens is 3. The molecule has 24 heavy (non-hydrogen) atoms. The van der Waals surface area contributed by atoms with Gasteiger partial charge in [-0.05, 0) is 18.2 Å². The summed E-state index contributed by atoms with van der Waals surface area (Å²) in [6, 6.07) is 5.57. The second kappa shape index (κ2) is 6.34. The first kappa shape index (κ1) is 17.5. The van der Waals surface area contributed by atoms with E-state index in [0.29, 0.717) is 10.9 Å². The molecule has 0 aliphatic carbocycles. The van der Waals surface area contributed by atoms with E-state index in [1.807, 2.05) is 0 Å². The highest BCUT2D eigenvalue weighted by atomic mass is 19.4. The Morgan fingerprint density at radius 2 is 1.96 bits per heavy atom. The van der Waals surface area contributed by atoms with E-state index >= 15 is 0 Å². The second-order valence-electron chi connectivity index (χ2n) is 5.32. The predicted octanol–water partition coefficient (Wildman–Crippen LogP) is 3.18. The molecule has 6 nitrogen and oxygen atoms in total. The van der Waals surface area contributed by atoms with Crippen molar-refractivity contribution in [1.29, 1.82) is 0 Å². The maximum Gasteiger partial charge on any atom is 0.434 e. The fourth-order valence-electron chi connectivity index (χ4n) is 1.98. The topological polar surface area (TPSA) is 84.2 Å². The summed E-state index contributed by atoms with van der Waals surface area (Å²) in [4.78, 5) is 22.7. The summed E-state index contributed by atoms with van der Waals surface area (Å²) < 4.78 is 40.1. The van der Waals surface area contributed by atoms with Crippen LogP contribution in [0.15, 0.2) is 30.5 Å². The highest BCUT2D eigenvalue weighted by Crippen LogP contribution is 2.34. The molecule has 2 rings (SSSR count). The van der Waals surface area contributed by atoms with E-state index in [1.165, 1.54) is 24.3 Å². The molecule has 0 fully saturated rings. The lowest BCUT2D eigenvalue weighted by molar-refractivity contribution is -0.143. The van der Waals surface area contributed by atoms with Crippen LogP contribution >= 0.6 is 0 Å². The monoisotopic (exact) mass is 341 g/mol. The zero-order valence-corrected chi connectivity index (χ0v) is 12.8. The molecule has 0 aliphatic rings. The quantitative estimate of drug-likeness (QED) is 0.894. The normalized spacial score (nSPS) is 11.6. The van der Waals surface area contributed by atoms with Gasteiger partial charge in [-0.2, -0.15) is 18.3 Å². The minimum absolute atomic E-state index is 0.0172. The third kappa shape index (κ3) is 3.55. The maximum atomic E-state index is 13.2. The third-order valence-corrected chi connectivity index (χ3v) is 3.15. The molecule has 0 radical (unpaired) electrons. The van der Waals surface area contributed by atoms with Gasteiger partial charge in [0.25, 0.3) is 0 Å². The Labute approximate surface area is 134 Å². The number of aromatic nitrogens is 2. The first-order chi connectivity index (χ1) is 11.1. The summed E-state index contributed by atoms with van der Waals surface area (Å²) >= 11 is 0. The van der Waals surface area contributed by atoms with Gasteiger partial charge >= 0.3 is 12.1 Å². The Bertz CT molecular complexity index is 782. The van der Waals surface area contributed by atoms with Crippen LogP contribution in [0.3, 0.4) is 0 Å². The number of anilines is 1. The van der Waals surface area contributed by atoms with Gasteiger partial charge in [-0.25, -0.2) is 9.48 Å². The highest BCUT2D eigenvalue weighted by molar-refractivity contribution is 5.92. The van der Waals surface area contributed by atoms with Crippen molar-refractivity contribution in [3.05, 3.63) is 41.7 Å². The van der Waals surface area contributed by atoms with Crippen molar-refractivity contribution in [1.82, 2.24) is 9.78 Å². The average molecular weight is 341 g/mol. The first-order valence-electron chi connectivity index (χ1n) is 6.91. The van der Waals surface area contributed by atoms with Gasteiger partial charge in [-0.3, -0.25) is 4.79 Å². The summed E-state index contributed by atoms with van der Waals surface area (Å²) in [6.07, 6.45) is -4.26. The molecule has 0 unspecified atom stereocenters. The van der Waals surface area contributed by atoms with Gasteiger partial charge in [-0.1, -0.05) is 19.9 Å². The molecule has 0 saturated heterocycles. The van der Waals surface area contributed by atoms with Gasteiger partial charge < -0.3 is 10.4 Å². The standard InChI is InChI=1S/C15H14F3N3O3/c1-8(2)13(22)20-9-4-3-5-10(6-9)21-12(15(16,17)18)11(7-19-21)14(23)24/h3-8H,1-2H3,(H,20,22)(H,23,24). The van der Waals surface area contributed by atoms with Crippen LogP contribution < -0.4 is 5.32 Å². The smallest absolute Gasteiger partial charge is 0.434 e.